The quantitative estimate of drug-likeness (QED) is 0.470. The Morgan fingerprint density at radius 1 is 0.667 bits per heavy atom. The van der Waals surface area contributed by atoms with Crippen LogP contribution in [0.3, 0.4) is 0 Å². The van der Waals surface area contributed by atoms with Gasteiger partial charge < -0.3 is 20.4 Å². The zero-order valence-electron chi connectivity index (χ0n) is 12.2. The molecule has 0 atom stereocenters. The molecule has 8 heteroatoms. The van der Waals surface area contributed by atoms with Crippen LogP contribution in [-0.4, -0.2) is 44.3 Å². The summed E-state index contributed by atoms with van der Waals surface area (Å²) in [5, 5.41) is 33.0. The van der Waals surface area contributed by atoms with Crippen LogP contribution in [0.2, 0.25) is 0 Å². The van der Waals surface area contributed by atoms with Gasteiger partial charge in [0, 0.05) is 12.8 Å². The van der Waals surface area contributed by atoms with Crippen molar-refractivity contribution in [1.29, 1.82) is 0 Å². The third-order valence-electron chi connectivity index (χ3n) is 2.29. The van der Waals surface area contributed by atoms with Crippen LogP contribution in [0.25, 0.3) is 0 Å². The van der Waals surface area contributed by atoms with E-state index < -0.39 is 29.3 Å². The van der Waals surface area contributed by atoms with Crippen molar-refractivity contribution in [2.24, 2.45) is 5.41 Å². The first-order valence-electron chi connectivity index (χ1n) is 6.33. The number of hydrogen-bond donors (Lipinski definition) is 4. The van der Waals surface area contributed by atoms with Crippen LogP contribution in [0.5, 0.6) is 0 Å². The van der Waals surface area contributed by atoms with Crippen molar-refractivity contribution >= 4 is 23.9 Å². The molecular weight excluding hydrogens is 284 g/mol. The second-order valence-corrected chi connectivity index (χ2v) is 5.30. The molecule has 0 spiro atoms. The normalized spacial score (nSPS) is 10.2. The molecule has 0 saturated heterocycles. The van der Waals surface area contributed by atoms with E-state index in [1.54, 1.807) is 13.8 Å². The number of carboxylic acids is 4. The molecule has 0 fully saturated rings. The summed E-state index contributed by atoms with van der Waals surface area (Å²) in [5.41, 5.74) is -0.655. The average Bonchev–Trinajstić information content (AvgIpc) is 2.20. The minimum atomic E-state index is -0.962. The van der Waals surface area contributed by atoms with Crippen molar-refractivity contribution in [3.8, 4) is 0 Å². The molecule has 0 aromatic carbocycles. The lowest BCUT2D eigenvalue weighted by Gasteiger charge is -2.18. The third kappa shape index (κ3) is 20.4. The first-order valence-corrected chi connectivity index (χ1v) is 6.33. The predicted molar refractivity (Wildman–Crippen MR) is 72.0 cm³/mol. The zero-order valence-corrected chi connectivity index (χ0v) is 12.2. The maximum Gasteiger partial charge on any atom is 0.303 e. The second-order valence-electron chi connectivity index (χ2n) is 5.30. The van der Waals surface area contributed by atoms with Crippen molar-refractivity contribution in [3.63, 3.8) is 0 Å². The van der Waals surface area contributed by atoms with E-state index in [1.807, 2.05) is 0 Å². The van der Waals surface area contributed by atoms with Gasteiger partial charge in [0.25, 0.3) is 0 Å². The second kappa shape index (κ2) is 10.6. The molecule has 4 N–H and O–H groups in total. The Bertz CT molecular complexity index is 338. The fraction of sp³-hybridized carbons (Fsp3) is 0.692. The molecule has 0 aliphatic heterocycles. The van der Waals surface area contributed by atoms with Crippen molar-refractivity contribution < 1.29 is 39.6 Å². The van der Waals surface area contributed by atoms with E-state index in [-0.39, 0.29) is 25.7 Å². The summed E-state index contributed by atoms with van der Waals surface area (Å²) < 4.78 is 0. The molecule has 21 heavy (non-hydrogen) atoms. The van der Waals surface area contributed by atoms with Crippen LogP contribution in [0, 0.1) is 5.41 Å². The Hall–Kier alpha value is -2.12. The fourth-order valence-electron chi connectivity index (χ4n) is 1.43. The molecule has 122 valence electrons. The van der Waals surface area contributed by atoms with Gasteiger partial charge in [0.15, 0.2) is 0 Å². The van der Waals surface area contributed by atoms with Gasteiger partial charge in [-0.05, 0) is 18.3 Å². The molecule has 0 amide bonds. The number of unbranched alkanes of at least 4 members (excludes halogenated alkanes) is 1. The summed E-state index contributed by atoms with van der Waals surface area (Å²) in [6.45, 7) is 3.24. The van der Waals surface area contributed by atoms with E-state index in [0.717, 1.165) is 0 Å². The van der Waals surface area contributed by atoms with E-state index in [1.165, 1.54) is 0 Å². The lowest BCUT2D eigenvalue weighted by Crippen LogP contribution is -2.20. The molecule has 8 nitrogen and oxygen atoms in total. The SMILES string of the molecule is CC(C)(CC(=O)O)CC(=O)O.O=C(O)CCCCC(=O)O. The van der Waals surface area contributed by atoms with E-state index in [9.17, 15) is 19.2 Å². The van der Waals surface area contributed by atoms with Gasteiger partial charge in [-0.3, -0.25) is 19.2 Å². The van der Waals surface area contributed by atoms with Crippen LogP contribution in [0.4, 0.5) is 0 Å². The largest absolute Gasteiger partial charge is 0.481 e. The first-order chi connectivity index (χ1) is 9.46. The van der Waals surface area contributed by atoms with Gasteiger partial charge in [0.2, 0.25) is 0 Å². The summed E-state index contributed by atoms with van der Waals surface area (Å²) in [5.74, 6) is -3.66. The summed E-state index contributed by atoms with van der Waals surface area (Å²) in [6, 6.07) is 0. The topological polar surface area (TPSA) is 149 Å². The van der Waals surface area contributed by atoms with Crippen molar-refractivity contribution in [1.82, 2.24) is 0 Å². The summed E-state index contributed by atoms with van der Waals surface area (Å²) >= 11 is 0. The minimum Gasteiger partial charge on any atom is -0.481 e. The molecule has 0 aromatic rings. The predicted octanol–water partition coefficient (Wildman–Crippen LogP) is 1.68. The van der Waals surface area contributed by atoms with Gasteiger partial charge >= 0.3 is 23.9 Å². The zero-order chi connectivity index (χ0) is 17.1. The molecule has 0 aromatic heterocycles. The molecule has 0 heterocycles. The highest BCUT2D eigenvalue weighted by atomic mass is 16.4. The molecule has 0 rings (SSSR count). The summed E-state index contributed by atoms with van der Waals surface area (Å²) in [4.78, 5) is 40.2. The van der Waals surface area contributed by atoms with Gasteiger partial charge in [-0.15, -0.1) is 0 Å². The van der Waals surface area contributed by atoms with Crippen LogP contribution in [0.1, 0.15) is 52.4 Å². The molecule has 0 unspecified atom stereocenters. The lowest BCUT2D eigenvalue weighted by atomic mass is 9.86. The fourth-order valence-corrected chi connectivity index (χ4v) is 1.43. The smallest absolute Gasteiger partial charge is 0.303 e. The van der Waals surface area contributed by atoms with Crippen LogP contribution < -0.4 is 0 Å². The van der Waals surface area contributed by atoms with E-state index >= 15 is 0 Å². The highest BCUT2D eigenvalue weighted by molar-refractivity contribution is 5.71. The Balaban J connectivity index is 0. The number of hydrogen-bond acceptors (Lipinski definition) is 4. The van der Waals surface area contributed by atoms with Gasteiger partial charge in [-0.25, -0.2) is 0 Å². The van der Waals surface area contributed by atoms with Gasteiger partial charge in [0.1, 0.15) is 0 Å². The average molecular weight is 306 g/mol. The molecule has 0 aliphatic rings. The molecule has 0 saturated carbocycles. The molecule has 0 radical (unpaired) electrons. The Morgan fingerprint density at radius 2 is 0.952 bits per heavy atom. The molecule has 0 bridgehead atoms. The number of carbonyl (C=O) groups is 4. The summed E-state index contributed by atoms with van der Waals surface area (Å²) in [7, 11) is 0. The van der Waals surface area contributed by atoms with E-state index in [0.29, 0.717) is 12.8 Å². The third-order valence-corrected chi connectivity index (χ3v) is 2.29. The van der Waals surface area contributed by atoms with Crippen LogP contribution >= 0.6 is 0 Å². The first kappa shape index (κ1) is 21.2. The highest BCUT2D eigenvalue weighted by Crippen LogP contribution is 2.24. The maximum absolute atomic E-state index is 10.2. The van der Waals surface area contributed by atoms with E-state index in [4.69, 9.17) is 20.4 Å². The lowest BCUT2D eigenvalue weighted by molar-refractivity contribution is -0.143. The van der Waals surface area contributed by atoms with Gasteiger partial charge in [0.05, 0.1) is 12.8 Å². The number of rotatable bonds is 9. The number of aliphatic carboxylic acids is 4. The Kier molecular flexibility index (Phi) is 10.7. The monoisotopic (exact) mass is 306 g/mol. The standard InChI is InChI=1S/C7H12O4.C6H10O4/c1-7(2,3-5(8)9)4-6(10)11;7-5(8)3-1-2-4-6(9)10/h3-4H2,1-2H3,(H,8,9)(H,10,11);1-4H2,(H,7,8)(H,9,10). The van der Waals surface area contributed by atoms with Crippen LogP contribution in [0.15, 0.2) is 0 Å². The Labute approximate surface area is 122 Å². The maximum atomic E-state index is 10.2. The molecule has 0 aliphatic carbocycles. The van der Waals surface area contributed by atoms with Crippen molar-refractivity contribution in [3.05, 3.63) is 0 Å². The van der Waals surface area contributed by atoms with Crippen molar-refractivity contribution in [2.75, 3.05) is 0 Å². The molecular formula is C13H22O8. The van der Waals surface area contributed by atoms with Gasteiger partial charge in [-0.1, -0.05) is 13.8 Å². The van der Waals surface area contributed by atoms with Crippen molar-refractivity contribution in [2.45, 2.75) is 52.4 Å². The highest BCUT2D eigenvalue weighted by Gasteiger charge is 2.24. The van der Waals surface area contributed by atoms with Crippen LogP contribution in [-0.2, 0) is 19.2 Å². The van der Waals surface area contributed by atoms with Gasteiger partial charge in [-0.2, -0.15) is 0 Å². The Morgan fingerprint density at radius 3 is 1.14 bits per heavy atom. The van der Waals surface area contributed by atoms with E-state index in [2.05, 4.69) is 0 Å². The summed E-state index contributed by atoms with van der Waals surface area (Å²) in [6.07, 6.45) is 0.794. The minimum absolute atomic E-state index is 0.0628. The number of carboxylic acid groups (broad SMARTS) is 4.